The van der Waals surface area contributed by atoms with E-state index in [2.05, 4.69) is 5.16 Å². The quantitative estimate of drug-likeness (QED) is 0.763. The van der Waals surface area contributed by atoms with Crippen molar-refractivity contribution >= 4 is 11.6 Å². The molecule has 0 saturated heterocycles. The van der Waals surface area contributed by atoms with Crippen molar-refractivity contribution in [1.82, 2.24) is 5.16 Å². The van der Waals surface area contributed by atoms with Gasteiger partial charge in [-0.25, -0.2) is 0 Å². The number of ether oxygens (including phenoxy) is 1. The average Bonchev–Trinajstić information content (AvgIpc) is 3.25. The smallest absolute Gasteiger partial charge is 0.145 e. The zero-order valence-electron chi connectivity index (χ0n) is 13.1. The van der Waals surface area contributed by atoms with Gasteiger partial charge in [0.1, 0.15) is 11.5 Å². The zero-order valence-corrected chi connectivity index (χ0v) is 13.8. The minimum absolute atomic E-state index is 0.509. The van der Waals surface area contributed by atoms with Gasteiger partial charge in [-0.2, -0.15) is 0 Å². The van der Waals surface area contributed by atoms with Gasteiger partial charge in [0.05, 0.1) is 11.6 Å². The molecule has 1 aromatic heterocycles. The summed E-state index contributed by atoms with van der Waals surface area (Å²) < 4.78 is 10.9. The Labute approximate surface area is 131 Å². The van der Waals surface area contributed by atoms with Crippen molar-refractivity contribution in [2.75, 3.05) is 7.11 Å². The first-order valence-corrected chi connectivity index (χ1v) is 7.83. The summed E-state index contributed by atoms with van der Waals surface area (Å²) in [5.74, 6) is 1.48. The molecule has 0 spiro atoms. The van der Waals surface area contributed by atoms with Crippen LogP contribution in [-0.2, 0) is 11.3 Å². The molecule has 1 aliphatic rings. The molecule has 2 aromatic rings. The van der Waals surface area contributed by atoms with Gasteiger partial charge in [-0.1, -0.05) is 42.7 Å². The van der Waals surface area contributed by atoms with E-state index in [0.29, 0.717) is 17.5 Å². The van der Waals surface area contributed by atoms with Crippen LogP contribution < -0.4 is 0 Å². The van der Waals surface area contributed by atoms with Crippen molar-refractivity contribution < 1.29 is 9.26 Å². The Bertz CT molecular complexity index is 583. The highest BCUT2D eigenvalue weighted by Crippen LogP contribution is 2.45. The number of methoxy groups -OCH3 is 1. The molecule has 0 bridgehead atoms. The third kappa shape index (κ3) is 3.30. The fourth-order valence-corrected chi connectivity index (χ4v) is 2.71. The van der Waals surface area contributed by atoms with Crippen molar-refractivity contribution in [3.63, 3.8) is 0 Å². The van der Waals surface area contributed by atoms with E-state index in [1.54, 1.807) is 7.11 Å². The van der Waals surface area contributed by atoms with E-state index in [1.165, 1.54) is 12.8 Å². The second kappa shape index (κ2) is 7.10. The summed E-state index contributed by atoms with van der Waals surface area (Å²) in [5, 5.41) is 4.95. The second-order valence-electron chi connectivity index (χ2n) is 5.01. The van der Waals surface area contributed by atoms with E-state index < -0.39 is 0 Å². The standard InChI is InChI=1S/C15H16ClNO2.C2H6/c1-9-4-3-5-12(16)13(9)14-11(8-18-2)15(19-17-14)10-6-7-10;1-2/h3-5,10H,6-8H2,1-2H3;1-2H3. The average molecular weight is 308 g/mol. The molecule has 21 heavy (non-hydrogen) atoms. The van der Waals surface area contributed by atoms with E-state index in [1.807, 2.05) is 39.0 Å². The molecule has 0 amide bonds. The summed E-state index contributed by atoms with van der Waals surface area (Å²) >= 11 is 6.32. The molecule has 0 radical (unpaired) electrons. The number of rotatable bonds is 4. The third-order valence-corrected chi connectivity index (χ3v) is 3.83. The molecule has 0 atom stereocenters. The van der Waals surface area contributed by atoms with Crippen LogP contribution in [0.1, 0.15) is 49.5 Å². The van der Waals surface area contributed by atoms with Crippen LogP contribution in [0.5, 0.6) is 0 Å². The van der Waals surface area contributed by atoms with Crippen LogP contribution in [0.2, 0.25) is 5.02 Å². The zero-order chi connectivity index (χ0) is 15.4. The number of nitrogens with zero attached hydrogens (tertiary/aromatic N) is 1. The molecule has 1 aliphatic carbocycles. The van der Waals surface area contributed by atoms with Gasteiger partial charge >= 0.3 is 0 Å². The molecule has 0 N–H and O–H groups in total. The maximum absolute atomic E-state index is 6.32. The first kappa shape index (κ1) is 16.1. The molecule has 1 fully saturated rings. The van der Waals surface area contributed by atoms with Gasteiger partial charge in [-0.3, -0.25) is 0 Å². The number of aromatic nitrogens is 1. The summed E-state index contributed by atoms with van der Waals surface area (Å²) in [6.45, 7) is 6.54. The van der Waals surface area contributed by atoms with Crippen LogP contribution >= 0.6 is 11.6 Å². The predicted octanol–water partition coefficient (Wildman–Crippen LogP) is 5.35. The monoisotopic (exact) mass is 307 g/mol. The van der Waals surface area contributed by atoms with Gasteiger partial charge in [-0.05, 0) is 31.4 Å². The van der Waals surface area contributed by atoms with Gasteiger partial charge in [0, 0.05) is 24.2 Å². The number of hydrogen-bond acceptors (Lipinski definition) is 3. The molecule has 0 unspecified atom stereocenters. The minimum atomic E-state index is 0.509. The Kier molecular flexibility index (Phi) is 5.43. The van der Waals surface area contributed by atoms with Crippen molar-refractivity contribution in [3.05, 3.63) is 40.1 Å². The van der Waals surface area contributed by atoms with Gasteiger partial charge in [0.15, 0.2) is 0 Å². The number of benzene rings is 1. The Hall–Kier alpha value is -1.32. The number of aryl methyl sites for hydroxylation is 1. The Balaban J connectivity index is 0.000000774. The molecule has 1 aromatic carbocycles. The largest absolute Gasteiger partial charge is 0.380 e. The molecule has 0 aliphatic heterocycles. The van der Waals surface area contributed by atoms with E-state index in [0.717, 1.165) is 28.1 Å². The molecule has 4 heteroatoms. The second-order valence-corrected chi connectivity index (χ2v) is 5.42. The fraction of sp³-hybridized carbons (Fsp3) is 0.471. The fourth-order valence-electron chi connectivity index (χ4n) is 2.40. The van der Waals surface area contributed by atoms with E-state index in [4.69, 9.17) is 20.9 Å². The van der Waals surface area contributed by atoms with E-state index in [9.17, 15) is 0 Å². The predicted molar refractivity (Wildman–Crippen MR) is 85.7 cm³/mol. The minimum Gasteiger partial charge on any atom is -0.380 e. The van der Waals surface area contributed by atoms with Gasteiger partial charge in [-0.15, -0.1) is 0 Å². The SMILES string of the molecule is CC.COCc1c(-c2c(C)cccc2Cl)noc1C1CC1. The summed E-state index contributed by atoms with van der Waals surface area (Å²) in [4.78, 5) is 0. The van der Waals surface area contributed by atoms with Crippen molar-refractivity contribution in [3.8, 4) is 11.3 Å². The van der Waals surface area contributed by atoms with Gasteiger partial charge < -0.3 is 9.26 Å². The number of hydrogen-bond donors (Lipinski definition) is 0. The van der Waals surface area contributed by atoms with Crippen LogP contribution in [0, 0.1) is 6.92 Å². The van der Waals surface area contributed by atoms with Gasteiger partial charge in [0.25, 0.3) is 0 Å². The highest BCUT2D eigenvalue weighted by molar-refractivity contribution is 6.33. The molecule has 1 saturated carbocycles. The molecule has 3 nitrogen and oxygen atoms in total. The van der Waals surface area contributed by atoms with Crippen LogP contribution in [0.4, 0.5) is 0 Å². The van der Waals surface area contributed by atoms with Gasteiger partial charge in [0.2, 0.25) is 0 Å². The van der Waals surface area contributed by atoms with Crippen molar-refractivity contribution in [2.45, 2.75) is 46.1 Å². The Morgan fingerprint density at radius 3 is 2.62 bits per heavy atom. The van der Waals surface area contributed by atoms with E-state index in [-0.39, 0.29) is 0 Å². The first-order chi connectivity index (χ1) is 10.2. The Morgan fingerprint density at radius 2 is 2.05 bits per heavy atom. The summed E-state index contributed by atoms with van der Waals surface area (Å²) in [7, 11) is 1.69. The van der Waals surface area contributed by atoms with Crippen LogP contribution in [0.3, 0.4) is 0 Å². The number of halogens is 1. The lowest BCUT2D eigenvalue weighted by molar-refractivity contribution is 0.183. The lowest BCUT2D eigenvalue weighted by atomic mass is 10.0. The topological polar surface area (TPSA) is 35.3 Å². The Morgan fingerprint density at radius 1 is 1.33 bits per heavy atom. The highest BCUT2D eigenvalue weighted by atomic mass is 35.5. The molecule has 1 heterocycles. The summed E-state index contributed by atoms with van der Waals surface area (Å²) in [6.07, 6.45) is 2.35. The molecular formula is C17H22ClNO2. The maximum atomic E-state index is 6.32. The third-order valence-electron chi connectivity index (χ3n) is 3.51. The van der Waals surface area contributed by atoms with E-state index >= 15 is 0 Å². The van der Waals surface area contributed by atoms with Crippen LogP contribution in [0.25, 0.3) is 11.3 Å². The summed E-state index contributed by atoms with van der Waals surface area (Å²) in [5.41, 5.74) is 3.92. The van der Waals surface area contributed by atoms with Crippen LogP contribution in [0.15, 0.2) is 22.7 Å². The van der Waals surface area contributed by atoms with Crippen molar-refractivity contribution in [2.24, 2.45) is 0 Å². The summed E-state index contributed by atoms with van der Waals surface area (Å²) in [6, 6.07) is 5.86. The van der Waals surface area contributed by atoms with Crippen LogP contribution in [-0.4, -0.2) is 12.3 Å². The maximum Gasteiger partial charge on any atom is 0.145 e. The lowest BCUT2D eigenvalue weighted by Crippen LogP contribution is -1.95. The molecule has 3 rings (SSSR count). The molecular weight excluding hydrogens is 286 g/mol. The highest BCUT2D eigenvalue weighted by Gasteiger charge is 2.33. The normalized spacial score (nSPS) is 13.8. The molecule has 114 valence electrons. The lowest BCUT2D eigenvalue weighted by Gasteiger charge is -2.07. The first-order valence-electron chi connectivity index (χ1n) is 7.45. The van der Waals surface area contributed by atoms with Crippen molar-refractivity contribution in [1.29, 1.82) is 0 Å².